The van der Waals surface area contributed by atoms with Crippen molar-refractivity contribution in [3.05, 3.63) is 24.3 Å². The van der Waals surface area contributed by atoms with Gasteiger partial charge in [0.25, 0.3) is 0 Å². The van der Waals surface area contributed by atoms with Crippen molar-refractivity contribution in [3.63, 3.8) is 0 Å². The second-order valence-electron chi connectivity index (χ2n) is 3.03. The Hall–Kier alpha value is -1.55. The Morgan fingerprint density at radius 2 is 2.21 bits per heavy atom. The average molecular weight is 192 g/mol. The summed E-state index contributed by atoms with van der Waals surface area (Å²) in [6.07, 6.45) is 0.710. The first-order valence-corrected chi connectivity index (χ1v) is 4.61. The number of nitrogens with one attached hydrogen (secondary N) is 1. The number of hydrogen-bond donors (Lipinski definition) is 2. The van der Waals surface area contributed by atoms with Crippen molar-refractivity contribution in [3.8, 4) is 0 Å². The molecular weight excluding hydrogens is 180 g/mol. The molecule has 2 aromatic rings. The number of hydrogen-bond acceptors (Lipinski definition) is 4. The van der Waals surface area contributed by atoms with Gasteiger partial charge in [-0.1, -0.05) is 17.3 Å². The van der Waals surface area contributed by atoms with Crippen LogP contribution in [0.1, 0.15) is 6.42 Å². The summed E-state index contributed by atoms with van der Waals surface area (Å²) in [5, 5.41) is 16.6. The lowest BCUT2D eigenvalue weighted by Crippen LogP contribution is -2.03. The van der Waals surface area contributed by atoms with Crippen molar-refractivity contribution in [2.75, 3.05) is 18.5 Å². The SMILES string of the molecule is OCCCNc1noc2ccccc12. The summed E-state index contributed by atoms with van der Waals surface area (Å²) < 4.78 is 5.10. The van der Waals surface area contributed by atoms with Gasteiger partial charge < -0.3 is 14.9 Å². The fourth-order valence-electron chi connectivity index (χ4n) is 1.30. The van der Waals surface area contributed by atoms with E-state index in [-0.39, 0.29) is 6.61 Å². The number of aliphatic hydroxyl groups excluding tert-OH is 1. The summed E-state index contributed by atoms with van der Waals surface area (Å²) in [5.74, 6) is 0.744. The molecule has 4 nitrogen and oxygen atoms in total. The molecule has 1 aromatic heterocycles. The Kier molecular flexibility index (Phi) is 2.65. The lowest BCUT2D eigenvalue weighted by atomic mass is 10.2. The van der Waals surface area contributed by atoms with Crippen LogP contribution in [0.15, 0.2) is 28.8 Å². The topological polar surface area (TPSA) is 58.3 Å². The van der Waals surface area contributed by atoms with Crippen molar-refractivity contribution in [2.45, 2.75) is 6.42 Å². The van der Waals surface area contributed by atoms with E-state index in [1.165, 1.54) is 0 Å². The van der Waals surface area contributed by atoms with Crippen molar-refractivity contribution >= 4 is 16.8 Å². The van der Waals surface area contributed by atoms with E-state index in [2.05, 4.69) is 10.5 Å². The molecule has 0 radical (unpaired) electrons. The lowest BCUT2D eigenvalue weighted by molar-refractivity contribution is 0.292. The normalized spacial score (nSPS) is 10.6. The molecule has 0 spiro atoms. The van der Waals surface area contributed by atoms with E-state index >= 15 is 0 Å². The molecule has 14 heavy (non-hydrogen) atoms. The zero-order valence-corrected chi connectivity index (χ0v) is 7.73. The maximum Gasteiger partial charge on any atom is 0.177 e. The minimum absolute atomic E-state index is 0.183. The minimum Gasteiger partial charge on any atom is -0.396 e. The molecule has 0 saturated carbocycles. The van der Waals surface area contributed by atoms with Crippen LogP contribution in [-0.4, -0.2) is 23.4 Å². The molecule has 0 aliphatic rings. The van der Waals surface area contributed by atoms with E-state index in [1.807, 2.05) is 24.3 Å². The molecule has 1 heterocycles. The molecule has 0 aliphatic heterocycles. The first-order valence-electron chi connectivity index (χ1n) is 4.61. The molecule has 2 rings (SSSR count). The summed E-state index contributed by atoms with van der Waals surface area (Å²) in [4.78, 5) is 0. The third kappa shape index (κ3) is 1.70. The molecule has 2 N–H and O–H groups in total. The Balaban J connectivity index is 2.17. The Bertz CT molecular complexity index is 411. The number of aromatic nitrogens is 1. The van der Waals surface area contributed by atoms with Crippen LogP contribution in [0.5, 0.6) is 0 Å². The second-order valence-corrected chi connectivity index (χ2v) is 3.03. The smallest absolute Gasteiger partial charge is 0.177 e. The molecule has 74 valence electrons. The fraction of sp³-hybridized carbons (Fsp3) is 0.300. The van der Waals surface area contributed by atoms with E-state index in [4.69, 9.17) is 9.63 Å². The predicted molar refractivity (Wildman–Crippen MR) is 54.2 cm³/mol. The van der Waals surface area contributed by atoms with Gasteiger partial charge in [0.2, 0.25) is 0 Å². The highest BCUT2D eigenvalue weighted by Gasteiger charge is 2.05. The Morgan fingerprint density at radius 3 is 3.07 bits per heavy atom. The van der Waals surface area contributed by atoms with Crippen LogP contribution in [0.4, 0.5) is 5.82 Å². The van der Waals surface area contributed by atoms with Crippen LogP contribution in [-0.2, 0) is 0 Å². The van der Waals surface area contributed by atoms with Crippen molar-refractivity contribution in [2.24, 2.45) is 0 Å². The molecule has 0 unspecified atom stereocenters. The lowest BCUT2D eigenvalue weighted by Gasteiger charge is -1.99. The zero-order chi connectivity index (χ0) is 9.80. The largest absolute Gasteiger partial charge is 0.396 e. The van der Waals surface area contributed by atoms with Gasteiger partial charge in [-0.2, -0.15) is 0 Å². The summed E-state index contributed by atoms with van der Waals surface area (Å²) in [6, 6.07) is 7.68. The minimum atomic E-state index is 0.183. The van der Waals surface area contributed by atoms with Crippen molar-refractivity contribution < 1.29 is 9.63 Å². The average Bonchev–Trinajstić information content (AvgIpc) is 2.63. The first kappa shape index (κ1) is 9.02. The number of nitrogens with zero attached hydrogens (tertiary/aromatic N) is 1. The van der Waals surface area contributed by atoms with Crippen LogP contribution in [0.3, 0.4) is 0 Å². The molecule has 0 amide bonds. The maximum atomic E-state index is 8.62. The van der Waals surface area contributed by atoms with Crippen molar-refractivity contribution in [1.29, 1.82) is 0 Å². The maximum absolute atomic E-state index is 8.62. The number of benzene rings is 1. The monoisotopic (exact) mass is 192 g/mol. The second kappa shape index (κ2) is 4.11. The van der Waals surface area contributed by atoms with Gasteiger partial charge in [-0.3, -0.25) is 0 Å². The zero-order valence-electron chi connectivity index (χ0n) is 7.73. The number of rotatable bonds is 4. The quantitative estimate of drug-likeness (QED) is 0.723. The van der Waals surface area contributed by atoms with E-state index in [1.54, 1.807) is 0 Å². The molecular formula is C10H12N2O2. The van der Waals surface area contributed by atoms with Crippen LogP contribution >= 0.6 is 0 Å². The van der Waals surface area contributed by atoms with E-state index in [0.29, 0.717) is 13.0 Å². The van der Waals surface area contributed by atoms with Crippen LogP contribution in [0.2, 0.25) is 0 Å². The van der Waals surface area contributed by atoms with Gasteiger partial charge in [0.15, 0.2) is 11.4 Å². The third-order valence-electron chi connectivity index (χ3n) is 2.00. The summed E-state index contributed by atoms with van der Waals surface area (Å²) >= 11 is 0. The van der Waals surface area contributed by atoms with Gasteiger partial charge in [-0.05, 0) is 18.6 Å². The van der Waals surface area contributed by atoms with Gasteiger partial charge in [-0.25, -0.2) is 0 Å². The molecule has 0 fully saturated rings. The van der Waals surface area contributed by atoms with Crippen molar-refractivity contribution in [1.82, 2.24) is 5.16 Å². The predicted octanol–water partition coefficient (Wildman–Crippen LogP) is 1.62. The van der Waals surface area contributed by atoms with Gasteiger partial charge in [-0.15, -0.1) is 0 Å². The highest BCUT2D eigenvalue weighted by Crippen LogP contribution is 2.21. The number of fused-ring (bicyclic) bond motifs is 1. The fourth-order valence-corrected chi connectivity index (χ4v) is 1.30. The Labute approximate surface area is 81.5 Å². The first-order chi connectivity index (χ1) is 6.92. The molecule has 0 atom stereocenters. The van der Waals surface area contributed by atoms with Gasteiger partial charge in [0.05, 0.1) is 5.39 Å². The van der Waals surface area contributed by atoms with Gasteiger partial charge in [0.1, 0.15) is 0 Å². The van der Waals surface area contributed by atoms with E-state index in [0.717, 1.165) is 16.8 Å². The molecule has 4 heteroatoms. The van der Waals surface area contributed by atoms with Gasteiger partial charge in [0, 0.05) is 13.2 Å². The third-order valence-corrected chi connectivity index (χ3v) is 2.00. The molecule has 1 aromatic carbocycles. The highest BCUT2D eigenvalue weighted by molar-refractivity contribution is 5.87. The van der Waals surface area contributed by atoms with Gasteiger partial charge >= 0.3 is 0 Å². The summed E-state index contributed by atoms with van der Waals surface area (Å²) in [5.41, 5.74) is 0.777. The number of para-hydroxylation sites is 1. The highest BCUT2D eigenvalue weighted by atomic mass is 16.5. The summed E-state index contributed by atoms with van der Waals surface area (Å²) in [6.45, 7) is 0.885. The molecule has 0 saturated heterocycles. The number of anilines is 1. The standard InChI is InChI=1S/C10H12N2O2/c13-7-3-6-11-10-8-4-1-2-5-9(8)14-12-10/h1-2,4-5,13H,3,6-7H2,(H,11,12). The Morgan fingerprint density at radius 1 is 1.36 bits per heavy atom. The molecule has 0 bridgehead atoms. The van der Waals surface area contributed by atoms with Crippen LogP contribution in [0, 0.1) is 0 Å². The summed E-state index contributed by atoms with van der Waals surface area (Å²) in [7, 11) is 0. The van der Waals surface area contributed by atoms with Crippen LogP contribution < -0.4 is 5.32 Å². The molecule has 0 aliphatic carbocycles. The van der Waals surface area contributed by atoms with Crippen LogP contribution in [0.25, 0.3) is 11.0 Å². The van der Waals surface area contributed by atoms with E-state index in [9.17, 15) is 0 Å². The number of aliphatic hydroxyl groups is 1. The van der Waals surface area contributed by atoms with E-state index < -0.39 is 0 Å².